The zero-order chi connectivity index (χ0) is 19.1. The van der Waals surface area contributed by atoms with E-state index in [0.717, 1.165) is 35.9 Å². The van der Waals surface area contributed by atoms with E-state index in [4.69, 9.17) is 5.11 Å². The summed E-state index contributed by atoms with van der Waals surface area (Å²) in [6, 6.07) is 7.45. The number of amides is 3. The molecule has 0 bridgehead atoms. The van der Waals surface area contributed by atoms with Gasteiger partial charge in [-0.2, -0.15) is 0 Å². The molecule has 3 amide bonds. The van der Waals surface area contributed by atoms with Crippen molar-refractivity contribution in [1.82, 2.24) is 4.90 Å². The maximum Gasteiger partial charge on any atom is 0.293 e. The molecule has 1 unspecified atom stereocenters. The number of carbonyl (C=O) groups excluding carboxylic acids is 3. The number of imide groups is 1. The van der Waals surface area contributed by atoms with Gasteiger partial charge in [0.1, 0.15) is 5.25 Å². The Balaban J connectivity index is 2.05. The first-order valence-corrected chi connectivity index (χ1v) is 9.91. The lowest BCUT2D eigenvalue weighted by molar-refractivity contribution is -0.133. The van der Waals surface area contributed by atoms with Crippen LogP contribution in [-0.4, -0.2) is 52.0 Å². The molecule has 7 heteroatoms. The predicted molar refractivity (Wildman–Crippen MR) is 103 cm³/mol. The third-order valence-corrected chi connectivity index (χ3v) is 5.44. The van der Waals surface area contributed by atoms with Crippen molar-refractivity contribution in [3.63, 3.8) is 0 Å². The van der Waals surface area contributed by atoms with E-state index in [0.29, 0.717) is 12.2 Å². The Hall–Kier alpha value is -1.86. The number of benzene rings is 1. The fraction of sp³-hybridized carbons (Fsp3) is 0.526. The molecule has 0 aromatic heterocycles. The van der Waals surface area contributed by atoms with Gasteiger partial charge in [0.25, 0.3) is 5.24 Å². The lowest BCUT2D eigenvalue weighted by Gasteiger charge is -2.20. The molecule has 0 radical (unpaired) electrons. The highest BCUT2D eigenvalue weighted by atomic mass is 32.2. The number of nitrogens with zero attached hydrogens (tertiary/aromatic N) is 2. The molecule has 1 atom stereocenters. The van der Waals surface area contributed by atoms with E-state index in [1.807, 2.05) is 19.1 Å². The van der Waals surface area contributed by atoms with Crippen molar-refractivity contribution in [2.24, 2.45) is 0 Å². The average Bonchev–Trinajstić information content (AvgIpc) is 2.91. The van der Waals surface area contributed by atoms with Crippen LogP contribution in [0.2, 0.25) is 0 Å². The van der Waals surface area contributed by atoms with Crippen LogP contribution in [0.1, 0.15) is 38.7 Å². The van der Waals surface area contributed by atoms with Crippen molar-refractivity contribution in [3.8, 4) is 0 Å². The van der Waals surface area contributed by atoms with Gasteiger partial charge in [0, 0.05) is 19.5 Å². The van der Waals surface area contributed by atoms with Gasteiger partial charge in [-0.3, -0.25) is 14.4 Å². The average molecular weight is 378 g/mol. The van der Waals surface area contributed by atoms with Gasteiger partial charge in [0.2, 0.25) is 11.8 Å². The number of carbonyl (C=O) groups is 3. The zero-order valence-electron chi connectivity index (χ0n) is 15.3. The monoisotopic (exact) mass is 378 g/mol. The summed E-state index contributed by atoms with van der Waals surface area (Å²) in [5, 5.41) is 7.96. The molecule has 1 saturated heterocycles. The summed E-state index contributed by atoms with van der Waals surface area (Å²) >= 11 is 0.896. The minimum atomic E-state index is -0.706. The number of thioether (sulfide) groups is 1. The second-order valence-electron chi connectivity index (χ2n) is 6.22. The SMILES string of the molecule is CCCCc1ccc(N2C(=O)SC(CC(=O)N(CC)CCO)C2=O)cc1. The van der Waals surface area contributed by atoms with E-state index in [1.165, 1.54) is 10.5 Å². The molecule has 26 heavy (non-hydrogen) atoms. The lowest BCUT2D eigenvalue weighted by atomic mass is 10.1. The lowest BCUT2D eigenvalue weighted by Crippen LogP contribution is -2.37. The second-order valence-corrected chi connectivity index (χ2v) is 7.37. The summed E-state index contributed by atoms with van der Waals surface area (Å²) in [4.78, 5) is 39.9. The van der Waals surface area contributed by atoms with Gasteiger partial charge < -0.3 is 10.0 Å². The van der Waals surface area contributed by atoms with Gasteiger partial charge >= 0.3 is 0 Å². The fourth-order valence-electron chi connectivity index (χ4n) is 2.88. The molecule has 1 aromatic carbocycles. The molecule has 142 valence electrons. The molecule has 0 aliphatic carbocycles. The van der Waals surface area contributed by atoms with E-state index < -0.39 is 5.25 Å². The van der Waals surface area contributed by atoms with Crippen molar-refractivity contribution in [3.05, 3.63) is 29.8 Å². The summed E-state index contributed by atoms with van der Waals surface area (Å²) < 4.78 is 0. The number of aliphatic hydroxyl groups is 1. The van der Waals surface area contributed by atoms with Crippen LogP contribution in [0.4, 0.5) is 10.5 Å². The standard InChI is InChI=1S/C19H26N2O4S/c1-3-5-6-14-7-9-15(10-8-14)21-18(24)16(26-19(21)25)13-17(23)20(4-2)11-12-22/h7-10,16,22H,3-6,11-13H2,1-2H3. The number of aliphatic hydroxyl groups excluding tert-OH is 1. The van der Waals surface area contributed by atoms with Crippen molar-refractivity contribution in [2.45, 2.75) is 44.8 Å². The van der Waals surface area contributed by atoms with Crippen LogP contribution < -0.4 is 4.90 Å². The topological polar surface area (TPSA) is 77.9 Å². The largest absolute Gasteiger partial charge is 0.395 e. The van der Waals surface area contributed by atoms with E-state index >= 15 is 0 Å². The highest BCUT2D eigenvalue weighted by Gasteiger charge is 2.42. The van der Waals surface area contributed by atoms with Gasteiger partial charge in [-0.25, -0.2) is 4.90 Å². The third-order valence-electron chi connectivity index (χ3n) is 4.40. The van der Waals surface area contributed by atoms with Crippen LogP contribution in [0.25, 0.3) is 0 Å². The summed E-state index contributed by atoms with van der Waals surface area (Å²) in [5.74, 6) is -0.577. The van der Waals surface area contributed by atoms with Gasteiger partial charge in [0.05, 0.1) is 12.3 Å². The Morgan fingerprint density at radius 3 is 2.50 bits per heavy atom. The fourth-order valence-corrected chi connectivity index (χ4v) is 3.86. The van der Waals surface area contributed by atoms with Crippen LogP contribution in [0.3, 0.4) is 0 Å². The normalized spacial score (nSPS) is 17.0. The Kier molecular flexibility index (Phi) is 7.66. The summed E-state index contributed by atoms with van der Waals surface area (Å²) in [7, 11) is 0. The van der Waals surface area contributed by atoms with Crippen LogP contribution >= 0.6 is 11.8 Å². The van der Waals surface area contributed by atoms with Crippen molar-refractivity contribution < 1.29 is 19.5 Å². The first-order chi connectivity index (χ1) is 12.5. The first-order valence-electron chi connectivity index (χ1n) is 9.03. The first kappa shape index (κ1) is 20.5. The van der Waals surface area contributed by atoms with Crippen molar-refractivity contribution in [2.75, 3.05) is 24.6 Å². The number of unbranched alkanes of at least 4 members (excludes halogenated alkanes) is 1. The van der Waals surface area contributed by atoms with Crippen LogP contribution in [0, 0.1) is 0 Å². The molecule has 6 nitrogen and oxygen atoms in total. The van der Waals surface area contributed by atoms with Crippen molar-refractivity contribution >= 4 is 34.5 Å². The molecule has 1 heterocycles. The Bertz CT molecular complexity index is 647. The van der Waals surface area contributed by atoms with Crippen LogP contribution in [0.15, 0.2) is 24.3 Å². The Morgan fingerprint density at radius 2 is 1.92 bits per heavy atom. The number of hydrogen-bond donors (Lipinski definition) is 1. The predicted octanol–water partition coefficient (Wildman–Crippen LogP) is 2.83. The molecule has 1 aliphatic rings. The molecule has 2 rings (SSSR count). The van der Waals surface area contributed by atoms with E-state index in [9.17, 15) is 14.4 Å². The molecule has 1 aliphatic heterocycles. The van der Waals surface area contributed by atoms with Crippen LogP contribution in [-0.2, 0) is 16.0 Å². The number of likely N-dealkylation sites (N-methyl/N-ethyl adjacent to an activating group) is 1. The molecular weight excluding hydrogens is 352 g/mol. The molecular formula is C19H26N2O4S. The molecule has 1 fully saturated rings. The van der Waals surface area contributed by atoms with Crippen molar-refractivity contribution in [1.29, 1.82) is 0 Å². The number of rotatable bonds is 9. The quantitative estimate of drug-likeness (QED) is 0.715. The molecule has 1 aromatic rings. The van der Waals surface area contributed by atoms with E-state index in [1.54, 1.807) is 12.1 Å². The highest BCUT2D eigenvalue weighted by Crippen LogP contribution is 2.33. The Labute approximate surface area is 158 Å². The molecule has 0 spiro atoms. The van der Waals surface area contributed by atoms with Gasteiger partial charge in [-0.05, 0) is 49.2 Å². The molecule has 1 N–H and O–H groups in total. The van der Waals surface area contributed by atoms with Gasteiger partial charge in [0.15, 0.2) is 0 Å². The number of hydrogen-bond acceptors (Lipinski definition) is 5. The maximum absolute atomic E-state index is 12.6. The van der Waals surface area contributed by atoms with E-state index in [2.05, 4.69) is 6.92 Å². The number of aryl methyl sites for hydroxylation is 1. The van der Waals surface area contributed by atoms with Crippen LogP contribution in [0.5, 0.6) is 0 Å². The Morgan fingerprint density at radius 1 is 1.23 bits per heavy atom. The number of anilines is 1. The van der Waals surface area contributed by atoms with Gasteiger partial charge in [-0.1, -0.05) is 25.5 Å². The smallest absolute Gasteiger partial charge is 0.293 e. The van der Waals surface area contributed by atoms with Gasteiger partial charge in [-0.15, -0.1) is 0 Å². The second kappa shape index (κ2) is 9.73. The van der Waals surface area contributed by atoms with E-state index in [-0.39, 0.29) is 36.6 Å². The molecule has 0 saturated carbocycles. The zero-order valence-corrected chi connectivity index (χ0v) is 16.1. The third kappa shape index (κ3) is 4.86. The maximum atomic E-state index is 12.6. The summed E-state index contributed by atoms with van der Waals surface area (Å²) in [6.45, 7) is 4.52. The summed E-state index contributed by atoms with van der Waals surface area (Å²) in [5.41, 5.74) is 1.72. The summed E-state index contributed by atoms with van der Waals surface area (Å²) in [6.07, 6.45) is 3.15. The highest BCUT2D eigenvalue weighted by molar-refractivity contribution is 8.15. The minimum absolute atomic E-state index is 0.0336. The minimum Gasteiger partial charge on any atom is -0.395 e.